The number of benzene rings is 1. The summed E-state index contributed by atoms with van der Waals surface area (Å²) in [6.07, 6.45) is 3.61. The van der Waals surface area contributed by atoms with Gasteiger partial charge in [0.2, 0.25) is 0 Å². The Morgan fingerprint density at radius 2 is 2.25 bits per heavy atom. The number of hydrogen-bond acceptors (Lipinski definition) is 1. The number of aliphatic hydroxyl groups is 1. The standard InChI is InChI=1S/C13H16ClFO/c1-3-4-7-13(2,16)9-10-5-6-12(15)11(14)8-10/h3,5-6,8,16H,1,4,7,9H2,2H3. The first-order valence-corrected chi connectivity index (χ1v) is 5.59. The van der Waals surface area contributed by atoms with Gasteiger partial charge in [0.15, 0.2) is 0 Å². The fraction of sp³-hybridized carbons (Fsp3) is 0.385. The van der Waals surface area contributed by atoms with Crippen LogP contribution in [0.25, 0.3) is 0 Å². The molecule has 1 aromatic carbocycles. The zero-order chi connectivity index (χ0) is 12.2. The van der Waals surface area contributed by atoms with Gasteiger partial charge in [0.25, 0.3) is 0 Å². The summed E-state index contributed by atoms with van der Waals surface area (Å²) < 4.78 is 12.9. The number of halogens is 2. The van der Waals surface area contributed by atoms with Gasteiger partial charge in [0.1, 0.15) is 5.82 Å². The summed E-state index contributed by atoms with van der Waals surface area (Å²) in [4.78, 5) is 0. The number of rotatable bonds is 5. The van der Waals surface area contributed by atoms with E-state index in [2.05, 4.69) is 6.58 Å². The third-order valence-corrected chi connectivity index (χ3v) is 2.75. The first kappa shape index (κ1) is 13.2. The Kier molecular flexibility index (Phi) is 4.51. The lowest BCUT2D eigenvalue weighted by Gasteiger charge is -2.22. The van der Waals surface area contributed by atoms with Crippen LogP contribution in [0.15, 0.2) is 30.9 Å². The molecule has 0 saturated heterocycles. The van der Waals surface area contributed by atoms with Gasteiger partial charge in [-0.3, -0.25) is 0 Å². The molecule has 0 heterocycles. The minimum atomic E-state index is -0.810. The van der Waals surface area contributed by atoms with Crippen LogP contribution in [0.2, 0.25) is 5.02 Å². The van der Waals surface area contributed by atoms with Crippen molar-refractivity contribution in [1.82, 2.24) is 0 Å². The first-order valence-electron chi connectivity index (χ1n) is 5.22. The summed E-state index contributed by atoms with van der Waals surface area (Å²) in [6, 6.07) is 4.52. The number of hydrogen-bond donors (Lipinski definition) is 1. The van der Waals surface area contributed by atoms with Gasteiger partial charge in [0, 0.05) is 6.42 Å². The van der Waals surface area contributed by atoms with Crippen molar-refractivity contribution < 1.29 is 9.50 Å². The van der Waals surface area contributed by atoms with Gasteiger partial charge in [-0.1, -0.05) is 23.7 Å². The van der Waals surface area contributed by atoms with Crippen molar-refractivity contribution in [2.75, 3.05) is 0 Å². The van der Waals surface area contributed by atoms with Gasteiger partial charge in [-0.05, 0) is 37.5 Å². The van der Waals surface area contributed by atoms with Gasteiger partial charge in [0.05, 0.1) is 10.6 Å². The summed E-state index contributed by atoms with van der Waals surface area (Å²) in [5.74, 6) is -0.434. The Balaban J connectivity index is 2.71. The highest BCUT2D eigenvalue weighted by molar-refractivity contribution is 6.30. The van der Waals surface area contributed by atoms with Crippen LogP contribution in [0, 0.1) is 5.82 Å². The average Bonchev–Trinajstić information content (AvgIpc) is 2.20. The van der Waals surface area contributed by atoms with E-state index < -0.39 is 11.4 Å². The molecule has 1 N–H and O–H groups in total. The van der Waals surface area contributed by atoms with Crippen LogP contribution < -0.4 is 0 Å². The minimum Gasteiger partial charge on any atom is -0.390 e. The Morgan fingerprint density at radius 3 is 2.81 bits per heavy atom. The predicted molar refractivity (Wildman–Crippen MR) is 65.2 cm³/mol. The van der Waals surface area contributed by atoms with E-state index in [1.165, 1.54) is 6.07 Å². The topological polar surface area (TPSA) is 20.2 Å². The highest BCUT2D eigenvalue weighted by Gasteiger charge is 2.20. The second-order valence-corrected chi connectivity index (χ2v) is 4.66. The highest BCUT2D eigenvalue weighted by Crippen LogP contribution is 2.22. The maximum Gasteiger partial charge on any atom is 0.141 e. The van der Waals surface area contributed by atoms with E-state index in [0.717, 1.165) is 12.0 Å². The lowest BCUT2D eigenvalue weighted by molar-refractivity contribution is 0.0523. The predicted octanol–water partition coefficient (Wildman–Crippen LogP) is 3.74. The third kappa shape index (κ3) is 3.95. The van der Waals surface area contributed by atoms with E-state index in [1.54, 1.807) is 25.1 Å². The van der Waals surface area contributed by atoms with Crippen molar-refractivity contribution in [2.24, 2.45) is 0 Å². The summed E-state index contributed by atoms with van der Waals surface area (Å²) in [5, 5.41) is 10.2. The molecule has 0 fully saturated rings. The van der Waals surface area contributed by atoms with E-state index in [4.69, 9.17) is 11.6 Å². The van der Waals surface area contributed by atoms with Crippen LogP contribution in [-0.4, -0.2) is 10.7 Å². The monoisotopic (exact) mass is 242 g/mol. The molecule has 16 heavy (non-hydrogen) atoms. The minimum absolute atomic E-state index is 0.0945. The van der Waals surface area contributed by atoms with E-state index in [9.17, 15) is 9.50 Å². The molecule has 3 heteroatoms. The van der Waals surface area contributed by atoms with Crippen molar-refractivity contribution in [1.29, 1.82) is 0 Å². The normalized spacial score (nSPS) is 14.5. The molecule has 0 aliphatic heterocycles. The molecular formula is C13H16ClFO. The van der Waals surface area contributed by atoms with Crippen molar-refractivity contribution in [3.8, 4) is 0 Å². The Hall–Kier alpha value is -0.860. The van der Waals surface area contributed by atoms with Crippen molar-refractivity contribution >= 4 is 11.6 Å². The Morgan fingerprint density at radius 1 is 1.56 bits per heavy atom. The van der Waals surface area contributed by atoms with Gasteiger partial charge in [-0.15, -0.1) is 6.58 Å². The highest BCUT2D eigenvalue weighted by atomic mass is 35.5. The molecule has 1 unspecified atom stereocenters. The molecule has 0 aromatic heterocycles. The zero-order valence-corrected chi connectivity index (χ0v) is 10.1. The molecule has 0 aliphatic rings. The molecular weight excluding hydrogens is 227 g/mol. The maximum atomic E-state index is 12.9. The SMILES string of the molecule is C=CCCC(C)(O)Cc1ccc(F)c(Cl)c1. The van der Waals surface area contributed by atoms with Crippen LogP contribution in [0.5, 0.6) is 0 Å². The van der Waals surface area contributed by atoms with Crippen LogP contribution in [-0.2, 0) is 6.42 Å². The van der Waals surface area contributed by atoms with Crippen LogP contribution in [0.4, 0.5) is 4.39 Å². The maximum absolute atomic E-state index is 12.9. The molecule has 0 bridgehead atoms. The quantitative estimate of drug-likeness (QED) is 0.780. The van der Waals surface area contributed by atoms with Crippen molar-refractivity contribution in [2.45, 2.75) is 31.8 Å². The molecule has 1 aromatic rings. The molecule has 0 spiro atoms. The van der Waals surface area contributed by atoms with E-state index in [1.807, 2.05) is 0 Å². The summed E-state index contributed by atoms with van der Waals surface area (Å²) in [6.45, 7) is 5.37. The molecule has 0 aliphatic carbocycles. The van der Waals surface area contributed by atoms with Crippen LogP contribution in [0.1, 0.15) is 25.3 Å². The molecule has 88 valence electrons. The number of allylic oxidation sites excluding steroid dienone is 1. The summed E-state index contributed by atoms with van der Waals surface area (Å²) in [5.41, 5.74) is 0.0236. The van der Waals surface area contributed by atoms with E-state index >= 15 is 0 Å². The largest absolute Gasteiger partial charge is 0.390 e. The molecule has 0 saturated carbocycles. The van der Waals surface area contributed by atoms with Gasteiger partial charge in [-0.25, -0.2) is 4.39 Å². The second kappa shape index (κ2) is 5.46. The Labute approximate surface area is 101 Å². The van der Waals surface area contributed by atoms with Crippen LogP contribution >= 0.6 is 11.6 Å². The van der Waals surface area contributed by atoms with E-state index in [-0.39, 0.29) is 5.02 Å². The smallest absolute Gasteiger partial charge is 0.141 e. The zero-order valence-electron chi connectivity index (χ0n) is 9.34. The second-order valence-electron chi connectivity index (χ2n) is 4.25. The molecule has 0 radical (unpaired) electrons. The lowest BCUT2D eigenvalue weighted by Crippen LogP contribution is -2.26. The molecule has 1 rings (SSSR count). The van der Waals surface area contributed by atoms with Crippen molar-refractivity contribution in [3.63, 3.8) is 0 Å². The Bertz CT molecular complexity index is 374. The first-order chi connectivity index (χ1) is 7.44. The van der Waals surface area contributed by atoms with E-state index in [0.29, 0.717) is 12.8 Å². The molecule has 0 amide bonds. The van der Waals surface area contributed by atoms with Gasteiger partial charge >= 0.3 is 0 Å². The summed E-state index contributed by atoms with van der Waals surface area (Å²) >= 11 is 5.67. The fourth-order valence-corrected chi connectivity index (χ4v) is 1.79. The molecule has 1 atom stereocenters. The fourth-order valence-electron chi connectivity index (χ4n) is 1.59. The van der Waals surface area contributed by atoms with Gasteiger partial charge < -0.3 is 5.11 Å². The van der Waals surface area contributed by atoms with Gasteiger partial charge in [-0.2, -0.15) is 0 Å². The summed E-state index contributed by atoms with van der Waals surface area (Å²) in [7, 11) is 0. The average molecular weight is 243 g/mol. The molecule has 1 nitrogen and oxygen atoms in total. The van der Waals surface area contributed by atoms with Crippen LogP contribution in [0.3, 0.4) is 0 Å². The third-order valence-electron chi connectivity index (χ3n) is 2.46. The van der Waals surface area contributed by atoms with Crippen molar-refractivity contribution in [3.05, 3.63) is 47.3 Å². The lowest BCUT2D eigenvalue weighted by atomic mass is 9.92.